The van der Waals surface area contributed by atoms with Crippen molar-refractivity contribution in [1.29, 1.82) is 0 Å². The van der Waals surface area contributed by atoms with E-state index in [0.717, 1.165) is 0 Å². The Labute approximate surface area is 113 Å². The zero-order valence-electron chi connectivity index (χ0n) is 8.42. The Morgan fingerprint density at radius 1 is 1.38 bits per heavy atom. The van der Waals surface area contributed by atoms with E-state index < -0.39 is 6.43 Å². The van der Waals surface area contributed by atoms with E-state index in [4.69, 9.17) is 0 Å². The highest BCUT2D eigenvalue weighted by Crippen LogP contribution is 2.24. The number of aromatic nitrogens is 2. The van der Waals surface area contributed by atoms with E-state index in [1.807, 2.05) is 21.2 Å². The molecule has 1 aromatic rings. The van der Waals surface area contributed by atoms with Gasteiger partial charge in [-0.3, -0.25) is 0 Å². The summed E-state index contributed by atoms with van der Waals surface area (Å²) in [5.74, 6) is 2.74. The number of rotatable bonds is 2. The molecule has 0 fully saturated rings. The van der Waals surface area contributed by atoms with Gasteiger partial charge in [-0.15, -0.1) is 0 Å². The highest BCUT2D eigenvalue weighted by atomic mass is 127. The van der Waals surface area contributed by atoms with Crippen molar-refractivity contribution < 1.29 is 8.78 Å². The quantitative estimate of drug-likeness (QED) is 0.341. The molecule has 0 aliphatic heterocycles. The van der Waals surface area contributed by atoms with E-state index in [1.54, 1.807) is 13.2 Å². The molecule has 0 aliphatic rings. The molecular formula is C9H7F2IN2S2. The predicted octanol–water partition coefficient (Wildman–Crippen LogP) is 3.84. The van der Waals surface area contributed by atoms with Crippen LogP contribution in [0.25, 0.3) is 0 Å². The zero-order valence-corrected chi connectivity index (χ0v) is 12.2. The molecule has 0 spiro atoms. The Kier molecular flexibility index (Phi) is 5.78. The van der Waals surface area contributed by atoms with E-state index in [2.05, 4.69) is 21.1 Å². The van der Waals surface area contributed by atoms with E-state index in [0.29, 0.717) is 16.4 Å². The van der Waals surface area contributed by atoms with Gasteiger partial charge in [0.15, 0.2) is 5.16 Å². The molecule has 0 aromatic carbocycles. The van der Waals surface area contributed by atoms with Crippen molar-refractivity contribution in [2.75, 3.05) is 6.26 Å². The lowest BCUT2D eigenvalue weighted by Crippen LogP contribution is -2.02. The molecule has 0 atom stereocenters. The minimum atomic E-state index is -2.60. The first-order valence-corrected chi connectivity index (χ1v) is 8.67. The van der Waals surface area contributed by atoms with Crippen molar-refractivity contribution in [3.63, 3.8) is 0 Å². The van der Waals surface area contributed by atoms with Crippen LogP contribution in [0.5, 0.6) is 0 Å². The molecule has 0 aliphatic carbocycles. The largest absolute Gasteiger partial charge is 0.280 e. The van der Waals surface area contributed by atoms with Crippen molar-refractivity contribution in [2.24, 2.45) is 0 Å². The third-order valence-electron chi connectivity index (χ3n) is 1.76. The first-order chi connectivity index (χ1) is 7.60. The molecule has 7 heteroatoms. The Morgan fingerprint density at radius 3 is 2.56 bits per heavy atom. The Balaban J connectivity index is 3.31. The van der Waals surface area contributed by atoms with E-state index in [9.17, 15) is 8.78 Å². The van der Waals surface area contributed by atoms with Gasteiger partial charge >= 0.3 is 0 Å². The number of alkyl halides is 2. The molecule has 0 amide bonds. The van der Waals surface area contributed by atoms with Crippen LogP contribution < -0.4 is 0 Å². The van der Waals surface area contributed by atoms with E-state index in [-0.39, 0.29) is 5.69 Å². The number of halogens is 3. The van der Waals surface area contributed by atoms with E-state index in [1.165, 1.54) is 20.7 Å². The highest BCUT2D eigenvalue weighted by Gasteiger charge is 2.17. The lowest BCUT2D eigenvalue weighted by Gasteiger charge is -2.07. The molecule has 0 saturated carbocycles. The maximum absolute atomic E-state index is 12.7. The van der Waals surface area contributed by atoms with Crippen LogP contribution in [0.3, 0.4) is 0 Å². The van der Waals surface area contributed by atoms with Gasteiger partial charge in [0.1, 0.15) is 11.4 Å². The molecule has 0 radical (unpaired) electrons. The van der Waals surface area contributed by atoms with Crippen LogP contribution in [0.1, 0.15) is 23.4 Å². The smallest absolute Gasteiger partial charge is 0.221 e. The summed E-state index contributed by atoms with van der Waals surface area (Å²) in [5, 5.41) is 3.05. The molecule has 0 N–H and O–H groups in total. The van der Waals surface area contributed by atoms with Gasteiger partial charge in [0.25, 0.3) is 6.43 Å². The summed E-state index contributed by atoms with van der Waals surface area (Å²) in [4.78, 5) is 7.88. The Morgan fingerprint density at radius 2 is 2.06 bits per heavy atom. The number of thioether (sulfide) groups is 1. The third kappa shape index (κ3) is 3.46. The van der Waals surface area contributed by atoms with Crippen LogP contribution in [0.2, 0.25) is 0 Å². The fraction of sp³-hybridized carbons (Fsp3) is 0.333. The second kappa shape index (κ2) is 6.61. The van der Waals surface area contributed by atoms with Crippen LogP contribution in [-0.4, -0.2) is 16.2 Å². The first-order valence-electron chi connectivity index (χ1n) is 4.09. The summed E-state index contributed by atoms with van der Waals surface area (Å²) in [7, 11) is 1.29. The van der Waals surface area contributed by atoms with Gasteiger partial charge < -0.3 is 0 Å². The monoisotopic (exact) mass is 372 g/mol. The lowest BCUT2D eigenvalue weighted by atomic mass is 10.2. The van der Waals surface area contributed by atoms with Crippen molar-refractivity contribution in [1.82, 2.24) is 9.97 Å². The maximum atomic E-state index is 12.7. The Bertz CT molecular complexity index is 443. The molecule has 0 saturated heterocycles. The molecule has 16 heavy (non-hydrogen) atoms. The second-order valence-electron chi connectivity index (χ2n) is 2.67. The Hall–Kier alpha value is -0.0700. The lowest BCUT2D eigenvalue weighted by molar-refractivity contribution is 0.144. The normalized spacial score (nSPS) is 10.1. The zero-order chi connectivity index (χ0) is 12.1. The fourth-order valence-corrected chi connectivity index (χ4v) is 1.84. The molecule has 1 rings (SSSR count). The van der Waals surface area contributed by atoms with E-state index >= 15 is 0 Å². The SMILES string of the molecule is CSc1nc(C#CSI)c(C)c(C(F)F)n1. The fourth-order valence-electron chi connectivity index (χ4n) is 1.01. The summed E-state index contributed by atoms with van der Waals surface area (Å²) < 4.78 is 25.4. The van der Waals surface area contributed by atoms with Gasteiger partial charge in [-0.25, -0.2) is 18.7 Å². The van der Waals surface area contributed by atoms with Crippen molar-refractivity contribution >= 4 is 41.9 Å². The van der Waals surface area contributed by atoms with Gasteiger partial charge in [0.05, 0.1) is 0 Å². The van der Waals surface area contributed by atoms with Gasteiger partial charge in [0.2, 0.25) is 0 Å². The van der Waals surface area contributed by atoms with Gasteiger partial charge in [-0.1, -0.05) is 11.8 Å². The minimum Gasteiger partial charge on any atom is -0.221 e. The van der Waals surface area contributed by atoms with Crippen LogP contribution in [0, 0.1) is 18.1 Å². The molecule has 0 bridgehead atoms. The number of hydrogen-bond acceptors (Lipinski definition) is 4. The summed E-state index contributed by atoms with van der Waals surface area (Å²) in [5.41, 5.74) is 0.492. The van der Waals surface area contributed by atoms with Crippen molar-refractivity contribution in [3.05, 3.63) is 17.0 Å². The van der Waals surface area contributed by atoms with Gasteiger partial charge in [-0.2, -0.15) is 0 Å². The average Bonchev–Trinajstić information content (AvgIpc) is 2.27. The maximum Gasteiger partial charge on any atom is 0.280 e. The summed E-state index contributed by atoms with van der Waals surface area (Å²) in [6.07, 6.45) is -0.855. The second-order valence-corrected chi connectivity index (χ2v) is 5.13. The third-order valence-corrected chi connectivity index (χ3v) is 3.15. The van der Waals surface area contributed by atoms with Crippen molar-refractivity contribution in [2.45, 2.75) is 18.5 Å². The summed E-state index contributed by atoms with van der Waals surface area (Å²) in [6, 6.07) is 0. The van der Waals surface area contributed by atoms with Crippen LogP contribution in [0.4, 0.5) is 8.78 Å². The summed E-state index contributed by atoms with van der Waals surface area (Å²) in [6.45, 7) is 1.56. The molecule has 0 unspecified atom stereocenters. The van der Waals surface area contributed by atoms with Crippen LogP contribution >= 0.6 is 41.9 Å². The van der Waals surface area contributed by atoms with Crippen LogP contribution in [-0.2, 0) is 0 Å². The van der Waals surface area contributed by atoms with Gasteiger partial charge in [0, 0.05) is 26.8 Å². The highest BCUT2D eigenvalue weighted by molar-refractivity contribution is 14.2. The number of hydrogen-bond donors (Lipinski definition) is 0. The van der Waals surface area contributed by atoms with Crippen LogP contribution in [0.15, 0.2) is 5.16 Å². The molecular weight excluding hydrogens is 365 g/mol. The molecule has 2 nitrogen and oxygen atoms in total. The minimum absolute atomic E-state index is 0.234. The van der Waals surface area contributed by atoms with Crippen molar-refractivity contribution in [3.8, 4) is 11.2 Å². The number of nitrogens with zero attached hydrogens (tertiary/aromatic N) is 2. The summed E-state index contributed by atoms with van der Waals surface area (Å²) >= 11 is 3.24. The first kappa shape index (κ1) is 14.0. The molecule has 86 valence electrons. The topological polar surface area (TPSA) is 25.8 Å². The molecule has 1 heterocycles. The average molecular weight is 372 g/mol. The standard InChI is InChI=1S/C9H7F2IN2S2/c1-5-6(3-4-16-12)13-9(15-2)14-7(5)8(10)11/h8H,1-2H3. The predicted molar refractivity (Wildman–Crippen MR) is 72.0 cm³/mol. The van der Waals surface area contributed by atoms with Gasteiger partial charge in [-0.05, 0) is 33.3 Å². The molecule has 1 aromatic heterocycles.